The second kappa shape index (κ2) is 6.21. The molecule has 1 aliphatic rings. The normalized spacial score (nSPS) is 23.4. The molecule has 3 atom stereocenters. The highest BCUT2D eigenvalue weighted by molar-refractivity contribution is 7.10. The second-order valence-corrected chi connectivity index (χ2v) is 7.42. The Hall–Kier alpha value is -0.640. The van der Waals surface area contributed by atoms with Gasteiger partial charge in [0.05, 0.1) is 0 Å². The number of rotatable bonds is 7. The molecule has 2 heterocycles. The van der Waals surface area contributed by atoms with Crippen molar-refractivity contribution in [1.29, 1.82) is 0 Å². The Morgan fingerprint density at radius 1 is 1.26 bits per heavy atom. The Morgan fingerprint density at radius 2 is 2.11 bits per heavy atom. The van der Waals surface area contributed by atoms with E-state index in [1.807, 2.05) is 22.7 Å². The quantitative estimate of drug-likeness (QED) is 0.767. The standard InChI is InChI=1S/C16H21NS2/c1-2-5-12-10-14(12)17-15(16-7-4-9-19-16)11-13-6-3-8-18-13/h3-4,6-9,12,14-15,17H,2,5,10-11H2,1H3. The van der Waals surface area contributed by atoms with Gasteiger partial charge in [-0.25, -0.2) is 0 Å². The first-order valence-corrected chi connectivity index (χ1v) is 8.94. The van der Waals surface area contributed by atoms with E-state index in [4.69, 9.17) is 0 Å². The van der Waals surface area contributed by atoms with E-state index < -0.39 is 0 Å². The molecule has 0 spiro atoms. The van der Waals surface area contributed by atoms with Gasteiger partial charge in [-0.1, -0.05) is 25.5 Å². The van der Waals surface area contributed by atoms with Crippen molar-refractivity contribution >= 4 is 22.7 Å². The summed E-state index contributed by atoms with van der Waals surface area (Å²) >= 11 is 3.75. The predicted octanol–water partition coefficient (Wildman–Crippen LogP) is 4.87. The third kappa shape index (κ3) is 3.47. The maximum atomic E-state index is 3.88. The highest BCUT2D eigenvalue weighted by atomic mass is 32.1. The molecular formula is C16H21NS2. The third-order valence-corrected chi connectivity index (χ3v) is 5.75. The molecule has 1 fully saturated rings. The molecule has 1 saturated carbocycles. The van der Waals surface area contributed by atoms with Crippen LogP contribution in [0.3, 0.4) is 0 Å². The molecule has 102 valence electrons. The van der Waals surface area contributed by atoms with Gasteiger partial charge >= 0.3 is 0 Å². The highest BCUT2D eigenvalue weighted by Crippen LogP contribution is 2.37. The van der Waals surface area contributed by atoms with E-state index in [1.165, 1.54) is 29.0 Å². The summed E-state index contributed by atoms with van der Waals surface area (Å²) in [6.07, 6.45) is 5.21. The van der Waals surface area contributed by atoms with Crippen molar-refractivity contribution in [3.05, 3.63) is 44.8 Å². The average Bonchev–Trinajstić information content (AvgIpc) is 2.90. The SMILES string of the molecule is CCCC1CC1NC(Cc1cccs1)c1cccs1. The third-order valence-electron chi connectivity index (χ3n) is 3.87. The topological polar surface area (TPSA) is 12.0 Å². The fourth-order valence-corrected chi connectivity index (χ4v) is 4.30. The minimum absolute atomic E-state index is 0.505. The first-order chi connectivity index (χ1) is 9.36. The Kier molecular flexibility index (Phi) is 4.36. The summed E-state index contributed by atoms with van der Waals surface area (Å²) in [6, 6.07) is 10.1. The summed E-state index contributed by atoms with van der Waals surface area (Å²) in [7, 11) is 0. The molecule has 0 aromatic carbocycles. The monoisotopic (exact) mass is 291 g/mol. The van der Waals surface area contributed by atoms with Crippen LogP contribution in [0.15, 0.2) is 35.0 Å². The molecule has 3 heteroatoms. The van der Waals surface area contributed by atoms with E-state index in [-0.39, 0.29) is 0 Å². The molecule has 0 saturated heterocycles. The van der Waals surface area contributed by atoms with Crippen LogP contribution < -0.4 is 5.32 Å². The molecule has 19 heavy (non-hydrogen) atoms. The molecule has 0 aliphatic heterocycles. The van der Waals surface area contributed by atoms with Gasteiger partial charge in [-0.05, 0) is 41.7 Å². The van der Waals surface area contributed by atoms with Crippen molar-refractivity contribution in [1.82, 2.24) is 5.32 Å². The molecule has 3 rings (SSSR count). The van der Waals surface area contributed by atoms with Crippen LogP contribution in [0.5, 0.6) is 0 Å². The van der Waals surface area contributed by atoms with Crippen molar-refractivity contribution in [2.24, 2.45) is 5.92 Å². The van der Waals surface area contributed by atoms with Crippen LogP contribution in [0.25, 0.3) is 0 Å². The first kappa shape index (κ1) is 13.3. The summed E-state index contributed by atoms with van der Waals surface area (Å²) in [5.74, 6) is 0.927. The predicted molar refractivity (Wildman–Crippen MR) is 85.0 cm³/mol. The fraction of sp³-hybridized carbons (Fsp3) is 0.500. The largest absolute Gasteiger partial charge is 0.306 e. The molecular weight excluding hydrogens is 270 g/mol. The zero-order valence-electron chi connectivity index (χ0n) is 11.3. The van der Waals surface area contributed by atoms with Gasteiger partial charge in [0.15, 0.2) is 0 Å². The number of hydrogen-bond acceptors (Lipinski definition) is 3. The minimum Gasteiger partial charge on any atom is -0.306 e. The minimum atomic E-state index is 0.505. The van der Waals surface area contributed by atoms with Crippen LogP contribution in [-0.2, 0) is 6.42 Å². The van der Waals surface area contributed by atoms with Crippen LogP contribution in [-0.4, -0.2) is 6.04 Å². The maximum absolute atomic E-state index is 3.88. The Morgan fingerprint density at radius 3 is 2.79 bits per heavy atom. The van der Waals surface area contributed by atoms with Crippen molar-refractivity contribution in [3.63, 3.8) is 0 Å². The van der Waals surface area contributed by atoms with E-state index in [9.17, 15) is 0 Å². The van der Waals surface area contributed by atoms with E-state index in [1.54, 1.807) is 0 Å². The molecule has 0 amide bonds. The summed E-state index contributed by atoms with van der Waals surface area (Å²) in [5, 5.41) is 8.25. The van der Waals surface area contributed by atoms with Gasteiger partial charge in [-0.15, -0.1) is 22.7 Å². The lowest BCUT2D eigenvalue weighted by atomic mass is 10.1. The molecule has 1 N–H and O–H groups in total. The van der Waals surface area contributed by atoms with Crippen LogP contribution in [0.4, 0.5) is 0 Å². The number of thiophene rings is 2. The summed E-state index contributed by atoms with van der Waals surface area (Å²) in [6.45, 7) is 2.29. The molecule has 0 bridgehead atoms. The van der Waals surface area contributed by atoms with Crippen LogP contribution in [0, 0.1) is 5.92 Å². The molecule has 1 nitrogen and oxygen atoms in total. The molecule has 2 aromatic rings. The number of hydrogen-bond donors (Lipinski definition) is 1. The van der Waals surface area contributed by atoms with Gasteiger partial charge in [0.2, 0.25) is 0 Å². The zero-order valence-corrected chi connectivity index (χ0v) is 13.0. The van der Waals surface area contributed by atoms with Gasteiger partial charge in [0.1, 0.15) is 0 Å². The van der Waals surface area contributed by atoms with Crippen molar-refractivity contribution in [3.8, 4) is 0 Å². The van der Waals surface area contributed by atoms with Crippen LogP contribution in [0.1, 0.15) is 42.0 Å². The highest BCUT2D eigenvalue weighted by Gasteiger charge is 2.37. The molecule has 1 aliphatic carbocycles. The zero-order chi connectivity index (χ0) is 13.1. The lowest BCUT2D eigenvalue weighted by molar-refractivity contribution is 0.506. The fourth-order valence-electron chi connectivity index (χ4n) is 2.76. The van der Waals surface area contributed by atoms with E-state index in [0.29, 0.717) is 6.04 Å². The van der Waals surface area contributed by atoms with E-state index in [2.05, 4.69) is 47.3 Å². The van der Waals surface area contributed by atoms with Gasteiger partial charge in [-0.2, -0.15) is 0 Å². The first-order valence-electron chi connectivity index (χ1n) is 7.18. The van der Waals surface area contributed by atoms with Crippen LogP contribution >= 0.6 is 22.7 Å². The summed E-state index contributed by atoms with van der Waals surface area (Å²) in [5.41, 5.74) is 0. The van der Waals surface area contributed by atoms with Crippen molar-refractivity contribution in [2.45, 2.75) is 44.7 Å². The van der Waals surface area contributed by atoms with Crippen molar-refractivity contribution in [2.75, 3.05) is 0 Å². The van der Waals surface area contributed by atoms with Crippen molar-refractivity contribution < 1.29 is 0 Å². The number of nitrogens with one attached hydrogen (secondary N) is 1. The van der Waals surface area contributed by atoms with Gasteiger partial charge in [0, 0.05) is 28.3 Å². The Bertz CT molecular complexity index is 475. The Balaban J connectivity index is 1.64. The second-order valence-electron chi connectivity index (χ2n) is 5.41. The smallest absolute Gasteiger partial charge is 0.0465 e. The van der Waals surface area contributed by atoms with Gasteiger partial charge in [0.25, 0.3) is 0 Å². The molecule has 0 radical (unpaired) electrons. The van der Waals surface area contributed by atoms with Crippen LogP contribution in [0.2, 0.25) is 0 Å². The average molecular weight is 291 g/mol. The lowest BCUT2D eigenvalue weighted by Gasteiger charge is -2.17. The lowest BCUT2D eigenvalue weighted by Crippen LogP contribution is -2.25. The molecule has 2 aromatic heterocycles. The van der Waals surface area contributed by atoms with E-state index >= 15 is 0 Å². The van der Waals surface area contributed by atoms with Gasteiger partial charge < -0.3 is 5.32 Å². The van der Waals surface area contributed by atoms with E-state index in [0.717, 1.165) is 18.4 Å². The van der Waals surface area contributed by atoms with Gasteiger partial charge in [-0.3, -0.25) is 0 Å². The summed E-state index contributed by atoms with van der Waals surface area (Å²) < 4.78 is 0. The Labute approximate surface area is 123 Å². The summed E-state index contributed by atoms with van der Waals surface area (Å²) in [4.78, 5) is 2.97. The molecule has 3 unspecified atom stereocenters. The maximum Gasteiger partial charge on any atom is 0.0465 e.